The average molecular weight is 478 g/mol. The molecule has 0 aromatic carbocycles. The summed E-state index contributed by atoms with van der Waals surface area (Å²) in [6, 6.07) is 0. The summed E-state index contributed by atoms with van der Waals surface area (Å²) < 4.78 is 33.2. The highest BCUT2D eigenvalue weighted by Crippen LogP contribution is 2.52. The molecular formula is C19H26O12S. The lowest BCUT2D eigenvalue weighted by molar-refractivity contribution is -0.375. The maximum atomic E-state index is 12.4. The Hall–Kier alpha value is -1.29. The molecule has 0 radical (unpaired) electrons. The molecule has 0 amide bonds. The molecule has 12 nitrogen and oxygen atoms in total. The zero-order valence-corrected chi connectivity index (χ0v) is 18.1. The lowest BCUT2D eigenvalue weighted by Crippen LogP contribution is -2.61. The van der Waals surface area contributed by atoms with Crippen LogP contribution in [0.5, 0.6) is 0 Å². The van der Waals surface area contributed by atoms with Crippen molar-refractivity contribution in [2.24, 2.45) is 17.8 Å². The molecule has 32 heavy (non-hydrogen) atoms. The highest BCUT2D eigenvalue weighted by Gasteiger charge is 2.62. The van der Waals surface area contributed by atoms with Gasteiger partial charge in [0.1, 0.15) is 43.0 Å². The van der Waals surface area contributed by atoms with Crippen LogP contribution in [0.4, 0.5) is 4.79 Å². The zero-order chi connectivity index (χ0) is 23.2. The maximum Gasteiger partial charge on any atom is 0.367 e. The lowest BCUT2D eigenvalue weighted by atomic mass is 9.78. The topological polar surface area (TPSA) is 170 Å². The number of ether oxygens (including phenoxy) is 6. The van der Waals surface area contributed by atoms with Gasteiger partial charge in [0, 0.05) is 18.9 Å². The van der Waals surface area contributed by atoms with Crippen LogP contribution in [-0.4, -0.2) is 108 Å². The van der Waals surface area contributed by atoms with E-state index >= 15 is 0 Å². The molecule has 0 saturated carbocycles. The second kappa shape index (κ2) is 9.52. The number of carbonyl (C=O) groups excluding carboxylic acids is 2. The Labute approximate surface area is 187 Å². The van der Waals surface area contributed by atoms with E-state index in [1.807, 2.05) is 0 Å². The highest BCUT2D eigenvalue weighted by atomic mass is 32.2. The second-order valence-corrected chi connectivity index (χ2v) is 8.70. The smallest absolute Gasteiger partial charge is 0.367 e. The number of rotatable bonds is 6. The van der Waals surface area contributed by atoms with Crippen LogP contribution in [-0.2, 0) is 33.2 Å². The molecule has 180 valence electrons. The summed E-state index contributed by atoms with van der Waals surface area (Å²) in [6.07, 6.45) is -6.93. The van der Waals surface area contributed by atoms with E-state index in [0.29, 0.717) is 5.57 Å². The van der Waals surface area contributed by atoms with Crippen LogP contribution in [0.3, 0.4) is 0 Å². The van der Waals surface area contributed by atoms with Crippen LogP contribution in [0.15, 0.2) is 11.6 Å². The van der Waals surface area contributed by atoms with E-state index in [1.165, 1.54) is 7.11 Å². The van der Waals surface area contributed by atoms with Gasteiger partial charge in [0.15, 0.2) is 18.9 Å². The third kappa shape index (κ3) is 4.06. The van der Waals surface area contributed by atoms with Crippen LogP contribution in [0.1, 0.15) is 0 Å². The number of hydrogen-bond donors (Lipinski definition) is 4. The van der Waals surface area contributed by atoms with Crippen molar-refractivity contribution in [3.63, 3.8) is 0 Å². The van der Waals surface area contributed by atoms with Crippen molar-refractivity contribution in [2.45, 2.75) is 49.4 Å². The molecule has 11 atom stereocenters. The van der Waals surface area contributed by atoms with Crippen LogP contribution >= 0.6 is 11.8 Å². The molecule has 0 bridgehead atoms. The molecule has 13 heteroatoms. The summed E-state index contributed by atoms with van der Waals surface area (Å²) in [5.74, 6) is -2.27. The number of aliphatic hydroxyl groups is 4. The Kier molecular flexibility index (Phi) is 7.10. The summed E-state index contributed by atoms with van der Waals surface area (Å²) in [5, 5.41) is 39.3. The van der Waals surface area contributed by atoms with Gasteiger partial charge < -0.3 is 48.8 Å². The lowest BCUT2D eigenvalue weighted by Gasteiger charge is -2.45. The van der Waals surface area contributed by atoms with Gasteiger partial charge in [-0.05, 0) is 29.7 Å². The summed E-state index contributed by atoms with van der Waals surface area (Å²) in [6.45, 7) is -0.706. The van der Waals surface area contributed by atoms with Crippen LogP contribution in [0.25, 0.3) is 0 Å². The van der Waals surface area contributed by atoms with E-state index < -0.39 is 85.0 Å². The standard InChI is InChI=1S/C19H26O12S/c1-26-16-11-10-7(28-15(11)24)3-6(5-27-19(25)32-2)9(10)17(30-16)31-18-14(23)13(22)12(21)8(4-20)29-18/h3,7-14,16-18,20-23H,4-5H2,1-2H3/t7-,8+,9+,10-,11+,12+,13-,14+,16+,17-,18-/m0/s1. The van der Waals surface area contributed by atoms with Crippen molar-refractivity contribution in [3.8, 4) is 0 Å². The maximum absolute atomic E-state index is 12.4. The average Bonchev–Trinajstić information content (AvgIpc) is 3.31. The van der Waals surface area contributed by atoms with Crippen molar-refractivity contribution in [1.29, 1.82) is 0 Å². The molecule has 0 spiro atoms. The minimum atomic E-state index is -1.64. The number of thioether (sulfide) groups is 1. The fourth-order valence-electron chi connectivity index (χ4n) is 4.72. The third-order valence-corrected chi connectivity index (χ3v) is 6.72. The van der Waals surface area contributed by atoms with E-state index in [-0.39, 0.29) is 6.61 Å². The van der Waals surface area contributed by atoms with Gasteiger partial charge in [0.25, 0.3) is 0 Å². The largest absolute Gasteiger partial charge is 0.457 e. The first-order chi connectivity index (χ1) is 15.3. The number of hydrogen-bond acceptors (Lipinski definition) is 13. The first kappa shape index (κ1) is 23.9. The van der Waals surface area contributed by atoms with Crippen LogP contribution < -0.4 is 0 Å². The fraction of sp³-hybridized carbons (Fsp3) is 0.789. The van der Waals surface area contributed by atoms with Crippen molar-refractivity contribution in [2.75, 3.05) is 26.6 Å². The Balaban J connectivity index is 1.58. The van der Waals surface area contributed by atoms with Gasteiger partial charge in [-0.25, -0.2) is 4.79 Å². The van der Waals surface area contributed by atoms with Crippen molar-refractivity contribution >= 4 is 23.0 Å². The second-order valence-electron chi connectivity index (χ2n) is 7.96. The van der Waals surface area contributed by atoms with Crippen LogP contribution in [0.2, 0.25) is 0 Å². The predicted octanol–water partition coefficient (Wildman–Crippen LogP) is -1.65. The van der Waals surface area contributed by atoms with Crippen molar-refractivity contribution in [3.05, 3.63) is 11.6 Å². The van der Waals surface area contributed by atoms with Gasteiger partial charge in [0.2, 0.25) is 0 Å². The van der Waals surface area contributed by atoms with E-state index in [1.54, 1.807) is 12.3 Å². The van der Waals surface area contributed by atoms with Crippen LogP contribution in [0, 0.1) is 17.8 Å². The Morgan fingerprint density at radius 3 is 2.50 bits per heavy atom. The third-order valence-electron chi connectivity index (χ3n) is 6.27. The van der Waals surface area contributed by atoms with Gasteiger partial charge in [-0.2, -0.15) is 0 Å². The fourth-order valence-corrected chi connectivity index (χ4v) is 4.90. The van der Waals surface area contributed by atoms with Gasteiger partial charge in [-0.15, -0.1) is 0 Å². The van der Waals surface area contributed by atoms with E-state index in [2.05, 4.69) is 0 Å². The molecule has 3 aliphatic heterocycles. The number of methoxy groups -OCH3 is 1. The molecule has 3 fully saturated rings. The van der Waals surface area contributed by atoms with Gasteiger partial charge >= 0.3 is 11.3 Å². The molecule has 4 rings (SSSR count). The predicted molar refractivity (Wildman–Crippen MR) is 104 cm³/mol. The molecule has 0 unspecified atom stereocenters. The minimum Gasteiger partial charge on any atom is -0.457 e. The summed E-state index contributed by atoms with van der Waals surface area (Å²) >= 11 is 0.906. The molecule has 1 aliphatic carbocycles. The molecular weight excluding hydrogens is 452 g/mol. The monoisotopic (exact) mass is 478 g/mol. The summed E-state index contributed by atoms with van der Waals surface area (Å²) in [7, 11) is 1.36. The summed E-state index contributed by atoms with van der Waals surface area (Å²) in [5.41, 5.74) is 0.601. The highest BCUT2D eigenvalue weighted by molar-refractivity contribution is 8.12. The molecule has 4 aliphatic rings. The van der Waals surface area contributed by atoms with Gasteiger partial charge in [-0.3, -0.25) is 4.79 Å². The van der Waals surface area contributed by atoms with E-state index in [0.717, 1.165) is 11.8 Å². The Morgan fingerprint density at radius 1 is 1.09 bits per heavy atom. The van der Waals surface area contributed by atoms with Crippen molar-refractivity contribution in [1.82, 2.24) is 0 Å². The van der Waals surface area contributed by atoms with E-state index in [9.17, 15) is 30.0 Å². The quantitative estimate of drug-likeness (QED) is 0.253. The van der Waals surface area contributed by atoms with Crippen molar-refractivity contribution < 1.29 is 58.4 Å². The normalized spacial score (nSPS) is 45.2. The number of aliphatic hydroxyl groups excluding tert-OH is 4. The first-order valence-corrected chi connectivity index (χ1v) is 11.3. The molecule has 3 heterocycles. The first-order valence-electron chi connectivity index (χ1n) is 10.1. The summed E-state index contributed by atoms with van der Waals surface area (Å²) in [4.78, 5) is 24.0. The van der Waals surface area contributed by atoms with Gasteiger partial charge in [-0.1, -0.05) is 0 Å². The number of esters is 1. The number of carbonyl (C=O) groups is 2. The molecule has 0 aromatic heterocycles. The molecule has 3 saturated heterocycles. The Morgan fingerprint density at radius 2 is 1.84 bits per heavy atom. The zero-order valence-electron chi connectivity index (χ0n) is 17.3. The van der Waals surface area contributed by atoms with E-state index in [4.69, 9.17) is 28.4 Å². The Bertz CT molecular complexity index is 759. The minimum absolute atomic E-state index is 0.0862. The SMILES string of the molecule is CO[C@@H]1O[C@@H](O[C@@H]2O[C@H](CO)[C@@H](O)[C@H](O)[C@H]2O)[C@@H]2C(COC(=O)SC)=C[C@@H]3OC(=O)[C@H]1[C@H]23. The molecule has 4 N–H and O–H groups in total. The van der Waals surface area contributed by atoms with Gasteiger partial charge in [0.05, 0.1) is 6.61 Å². The molecule has 0 aromatic rings.